The predicted molar refractivity (Wildman–Crippen MR) is 165 cm³/mol. The molecule has 0 aliphatic carbocycles. The van der Waals surface area contributed by atoms with Gasteiger partial charge in [0.05, 0.1) is 35.4 Å². The molecule has 0 saturated carbocycles. The quantitative estimate of drug-likeness (QED) is 0.164. The van der Waals surface area contributed by atoms with Crippen LogP contribution in [0.2, 0.25) is 0 Å². The summed E-state index contributed by atoms with van der Waals surface area (Å²) in [7, 11) is -3.34. The zero-order valence-electron chi connectivity index (χ0n) is 25.7. The summed E-state index contributed by atoms with van der Waals surface area (Å²) >= 11 is 0. The molecule has 0 radical (unpaired) electrons. The highest BCUT2D eigenvalue weighted by Crippen LogP contribution is 2.32. The van der Waals surface area contributed by atoms with E-state index in [2.05, 4.69) is 10.2 Å². The number of nitrogens with one attached hydrogen (secondary N) is 1. The smallest absolute Gasteiger partial charge is 0.426 e. The zero-order chi connectivity index (χ0) is 35.1. The number of amides is 2. The van der Waals surface area contributed by atoms with E-state index in [1.807, 2.05) is 0 Å². The Balaban J connectivity index is 1.36. The number of carbonyl (C=O) groups is 2. The number of alkyl halides is 5. The molecule has 1 heterocycles. The van der Waals surface area contributed by atoms with Gasteiger partial charge >= 0.3 is 18.9 Å². The van der Waals surface area contributed by atoms with Gasteiger partial charge in [0, 0.05) is 24.2 Å². The Morgan fingerprint density at radius 2 is 1.67 bits per heavy atom. The summed E-state index contributed by atoms with van der Waals surface area (Å²) in [6.07, 6.45) is -5.47. The number of nitrogens with zero attached hydrogens (tertiary/aromatic N) is 2. The molecular weight excluding hydrogens is 665 g/mol. The Labute approximate surface area is 273 Å². The number of rotatable bonds is 13. The average Bonchev–Trinajstić information content (AvgIpc) is 3.45. The molecule has 48 heavy (non-hydrogen) atoms. The zero-order valence-corrected chi connectivity index (χ0v) is 26.5. The van der Waals surface area contributed by atoms with E-state index < -0.39 is 52.3 Å². The van der Waals surface area contributed by atoms with Crippen LogP contribution in [-0.2, 0) is 27.2 Å². The number of carbonyl (C=O) groups excluding carboxylic acids is 1. The first-order chi connectivity index (χ1) is 22.7. The number of hydrogen-bond acceptors (Lipinski definition) is 7. The van der Waals surface area contributed by atoms with Crippen LogP contribution in [0.1, 0.15) is 41.3 Å². The number of hydrazine groups is 1. The van der Waals surface area contributed by atoms with Crippen LogP contribution in [0.3, 0.4) is 0 Å². The number of aryl methyl sites for hydroxylation is 1. The maximum atomic E-state index is 12.9. The van der Waals surface area contributed by atoms with Gasteiger partial charge in [0.2, 0.25) is 0 Å². The van der Waals surface area contributed by atoms with Crippen molar-refractivity contribution in [3.05, 3.63) is 89.5 Å². The summed E-state index contributed by atoms with van der Waals surface area (Å²) in [4.78, 5) is 26.6. The topological polar surface area (TPSA) is 125 Å². The highest BCUT2D eigenvalue weighted by molar-refractivity contribution is 7.91. The molecule has 0 spiro atoms. The monoisotopic (exact) mass is 699 g/mol. The summed E-state index contributed by atoms with van der Waals surface area (Å²) < 4.78 is 98.8. The van der Waals surface area contributed by atoms with Crippen LogP contribution in [0, 0.1) is 0 Å². The SMILES string of the molecule is CCS(=O)(=O)c1ccc(CCCN(NC(=O)c2ccc(N3C[C@@H](Oc4ccc(C(F)(F)F)cc4)C[C@H]3COC(F)F)cc2)C(=O)O)cc1. The molecule has 1 aliphatic rings. The number of halogens is 5. The molecule has 2 N–H and O–H groups in total. The van der Waals surface area contributed by atoms with Gasteiger partial charge in [-0.3, -0.25) is 10.2 Å². The van der Waals surface area contributed by atoms with Crippen molar-refractivity contribution in [2.45, 2.75) is 56.0 Å². The summed E-state index contributed by atoms with van der Waals surface area (Å²) in [5.41, 5.74) is 2.95. The standard InChI is InChI=1S/C32H34F5N3O7S/c1-2-48(44,45)28-15-5-21(6-16-28)4-3-17-40(31(42)43)38-29(41)22-7-11-24(12-8-22)39-19-27(18-25(39)20-46-30(33)34)47-26-13-9-23(10-14-26)32(35,36)37/h5-16,25,27,30H,2-4,17-20H2,1H3,(H,38,41)(H,42,43)/t25-,27-/m0/s1. The molecule has 3 aromatic rings. The van der Waals surface area contributed by atoms with Gasteiger partial charge in [-0.05, 0) is 79.1 Å². The van der Waals surface area contributed by atoms with E-state index in [1.165, 1.54) is 36.4 Å². The molecule has 1 fully saturated rings. The Kier molecular flexibility index (Phi) is 11.9. The van der Waals surface area contributed by atoms with Crippen molar-refractivity contribution in [3.63, 3.8) is 0 Å². The van der Waals surface area contributed by atoms with Crippen LogP contribution in [0.15, 0.2) is 77.7 Å². The Bertz CT molecular complexity index is 1640. The van der Waals surface area contributed by atoms with Crippen molar-refractivity contribution in [3.8, 4) is 5.75 Å². The number of ether oxygens (including phenoxy) is 2. The highest BCUT2D eigenvalue weighted by atomic mass is 32.2. The molecule has 16 heteroatoms. The molecule has 2 amide bonds. The number of benzene rings is 3. The van der Waals surface area contributed by atoms with E-state index in [0.717, 1.165) is 22.7 Å². The minimum Gasteiger partial charge on any atom is -0.489 e. The van der Waals surface area contributed by atoms with E-state index in [0.29, 0.717) is 18.5 Å². The second kappa shape index (κ2) is 15.6. The summed E-state index contributed by atoms with van der Waals surface area (Å²) in [6, 6.07) is 15.8. The lowest BCUT2D eigenvalue weighted by Gasteiger charge is -2.26. The van der Waals surface area contributed by atoms with Crippen LogP contribution in [0.25, 0.3) is 0 Å². The summed E-state index contributed by atoms with van der Waals surface area (Å²) in [5.74, 6) is -0.555. The van der Waals surface area contributed by atoms with E-state index >= 15 is 0 Å². The van der Waals surface area contributed by atoms with Gasteiger partial charge < -0.3 is 19.5 Å². The van der Waals surface area contributed by atoms with E-state index in [1.54, 1.807) is 36.1 Å². The van der Waals surface area contributed by atoms with E-state index in [-0.39, 0.29) is 48.1 Å². The minimum absolute atomic E-state index is 0.0263. The third-order valence-corrected chi connectivity index (χ3v) is 9.46. The second-order valence-electron chi connectivity index (χ2n) is 11.0. The number of sulfone groups is 1. The molecule has 0 bridgehead atoms. The first-order valence-electron chi connectivity index (χ1n) is 14.9. The van der Waals surface area contributed by atoms with Crippen molar-refractivity contribution in [2.75, 3.05) is 30.3 Å². The largest absolute Gasteiger partial charge is 0.489 e. The predicted octanol–water partition coefficient (Wildman–Crippen LogP) is 6.02. The first-order valence-corrected chi connectivity index (χ1v) is 16.5. The fourth-order valence-corrected chi connectivity index (χ4v) is 6.08. The molecule has 0 unspecified atom stereocenters. The molecule has 2 atom stereocenters. The van der Waals surface area contributed by atoms with Crippen molar-refractivity contribution >= 4 is 27.5 Å². The molecular formula is C32H34F5N3O7S. The van der Waals surface area contributed by atoms with Gasteiger partial charge in [0.15, 0.2) is 9.84 Å². The van der Waals surface area contributed by atoms with Gasteiger partial charge in [-0.25, -0.2) is 18.2 Å². The van der Waals surface area contributed by atoms with Crippen molar-refractivity contribution in [1.82, 2.24) is 10.4 Å². The van der Waals surface area contributed by atoms with E-state index in [4.69, 9.17) is 4.74 Å². The Morgan fingerprint density at radius 3 is 2.23 bits per heavy atom. The van der Waals surface area contributed by atoms with Gasteiger partial charge in [0.1, 0.15) is 11.9 Å². The molecule has 0 aromatic heterocycles. The summed E-state index contributed by atoms with van der Waals surface area (Å²) in [6.45, 7) is -1.69. The fraction of sp³-hybridized carbons (Fsp3) is 0.375. The van der Waals surface area contributed by atoms with Crippen LogP contribution in [0.4, 0.5) is 32.4 Å². The lowest BCUT2D eigenvalue weighted by atomic mass is 10.1. The molecule has 1 aliphatic heterocycles. The third kappa shape index (κ3) is 9.79. The molecule has 3 aromatic carbocycles. The third-order valence-electron chi connectivity index (χ3n) is 7.71. The molecule has 1 saturated heterocycles. The fourth-order valence-electron chi connectivity index (χ4n) is 5.19. The van der Waals surface area contributed by atoms with Crippen molar-refractivity contribution in [2.24, 2.45) is 0 Å². The van der Waals surface area contributed by atoms with Gasteiger partial charge in [0.25, 0.3) is 5.91 Å². The maximum absolute atomic E-state index is 12.9. The molecule has 10 nitrogen and oxygen atoms in total. The number of hydrogen-bond donors (Lipinski definition) is 2. The van der Waals surface area contributed by atoms with Gasteiger partial charge in [-0.1, -0.05) is 19.1 Å². The van der Waals surface area contributed by atoms with Crippen LogP contribution >= 0.6 is 0 Å². The Hall–Kier alpha value is -4.44. The lowest BCUT2D eigenvalue weighted by Crippen LogP contribution is -2.46. The first kappa shape index (κ1) is 36.4. The van der Waals surface area contributed by atoms with Crippen LogP contribution in [-0.4, -0.2) is 74.7 Å². The highest BCUT2D eigenvalue weighted by Gasteiger charge is 2.35. The second-order valence-corrected chi connectivity index (χ2v) is 13.2. The Morgan fingerprint density at radius 1 is 1.02 bits per heavy atom. The normalized spacial score (nSPS) is 16.6. The van der Waals surface area contributed by atoms with Crippen molar-refractivity contribution in [1.29, 1.82) is 0 Å². The van der Waals surface area contributed by atoms with Crippen LogP contribution in [0.5, 0.6) is 5.75 Å². The van der Waals surface area contributed by atoms with Gasteiger partial charge in [-0.2, -0.15) is 22.0 Å². The summed E-state index contributed by atoms with van der Waals surface area (Å²) in [5, 5.41) is 10.4. The average molecular weight is 700 g/mol. The van der Waals surface area contributed by atoms with Crippen LogP contribution < -0.4 is 15.1 Å². The number of anilines is 1. The lowest BCUT2D eigenvalue weighted by molar-refractivity contribution is -0.137. The van der Waals surface area contributed by atoms with Crippen molar-refractivity contribution < 1.29 is 54.5 Å². The van der Waals surface area contributed by atoms with Gasteiger partial charge in [-0.15, -0.1) is 0 Å². The maximum Gasteiger partial charge on any atom is 0.426 e. The number of carboxylic acid groups (broad SMARTS) is 1. The minimum atomic E-state index is -4.51. The molecule has 4 rings (SSSR count). The van der Waals surface area contributed by atoms with E-state index in [9.17, 15) is 45.1 Å². The molecule has 260 valence electrons.